The minimum atomic E-state index is -0.553. The third-order valence-corrected chi connectivity index (χ3v) is 10.9. The van der Waals surface area contributed by atoms with Gasteiger partial charge in [0.1, 0.15) is 49.4 Å². The van der Waals surface area contributed by atoms with E-state index in [1.807, 2.05) is 12.1 Å². The van der Waals surface area contributed by atoms with E-state index in [0.717, 1.165) is 20.1 Å². The first kappa shape index (κ1) is 48.7. The van der Waals surface area contributed by atoms with Gasteiger partial charge in [0.2, 0.25) is 0 Å². The number of halogens is 2. The minimum absolute atomic E-state index is 0.369. The first-order chi connectivity index (χ1) is 29.9. The molecule has 4 aromatic carbocycles. The number of benzene rings is 4. The molecule has 5 rings (SSSR count). The summed E-state index contributed by atoms with van der Waals surface area (Å²) in [5, 5.41) is 0. The van der Waals surface area contributed by atoms with E-state index < -0.39 is 5.41 Å². The van der Waals surface area contributed by atoms with Gasteiger partial charge in [-0.3, -0.25) is 0 Å². The lowest BCUT2D eigenvalue weighted by Crippen LogP contribution is -2.31. The second-order valence-corrected chi connectivity index (χ2v) is 16.1. The standard InChI is InChI=1S/C47H60Br2O12/c1-50-9-13-54-17-21-58-39-25-35(26-40(31-39)59-22-18-55-14-10-51-2)33-47(45-29-37(48)5-7-43(45)44-8-6-38(49)30-46(44)47)34-36-27-41(60-23-19-56-15-11-52-3)32-42(28-36)61-24-20-57-16-12-53-4/h5-8,25-32H,9-24,33-34H2,1-4H3. The van der Waals surface area contributed by atoms with Crippen molar-refractivity contribution < 1.29 is 56.8 Å². The molecule has 1 aliphatic carbocycles. The third kappa shape index (κ3) is 15.5. The predicted octanol–water partition coefficient (Wildman–Crippen LogP) is 8.13. The van der Waals surface area contributed by atoms with E-state index in [9.17, 15) is 0 Å². The highest BCUT2D eigenvalue weighted by atomic mass is 79.9. The van der Waals surface area contributed by atoms with Crippen LogP contribution in [-0.4, -0.2) is 134 Å². The van der Waals surface area contributed by atoms with E-state index >= 15 is 0 Å². The van der Waals surface area contributed by atoms with Crippen LogP contribution in [0.25, 0.3) is 11.1 Å². The molecule has 0 aromatic heterocycles. The Kier molecular flexibility index (Phi) is 21.6. The first-order valence-electron chi connectivity index (χ1n) is 20.6. The Labute approximate surface area is 377 Å². The van der Waals surface area contributed by atoms with Crippen LogP contribution in [0, 0.1) is 0 Å². The second kappa shape index (κ2) is 27.0. The lowest BCUT2D eigenvalue weighted by molar-refractivity contribution is 0.0532. The van der Waals surface area contributed by atoms with Crippen molar-refractivity contribution in [3.63, 3.8) is 0 Å². The Hall–Kier alpha value is -3.28. The van der Waals surface area contributed by atoms with Crippen molar-refractivity contribution in [3.05, 3.63) is 104 Å². The van der Waals surface area contributed by atoms with Crippen molar-refractivity contribution in [2.75, 3.05) is 134 Å². The maximum Gasteiger partial charge on any atom is 0.123 e. The first-order valence-corrected chi connectivity index (χ1v) is 22.1. The van der Waals surface area contributed by atoms with Gasteiger partial charge in [0.25, 0.3) is 0 Å². The number of rotatable bonds is 32. The minimum Gasteiger partial charge on any atom is -0.491 e. The molecule has 0 amide bonds. The molecule has 0 radical (unpaired) electrons. The van der Waals surface area contributed by atoms with Gasteiger partial charge < -0.3 is 56.8 Å². The van der Waals surface area contributed by atoms with Crippen LogP contribution >= 0.6 is 31.9 Å². The van der Waals surface area contributed by atoms with Crippen molar-refractivity contribution in [1.82, 2.24) is 0 Å². The highest BCUT2D eigenvalue weighted by Gasteiger charge is 2.44. The van der Waals surface area contributed by atoms with Crippen molar-refractivity contribution in [2.24, 2.45) is 0 Å². The van der Waals surface area contributed by atoms with Crippen LogP contribution < -0.4 is 18.9 Å². The molecule has 0 N–H and O–H groups in total. The Morgan fingerprint density at radius 1 is 0.361 bits per heavy atom. The van der Waals surface area contributed by atoms with Gasteiger partial charge in [0.05, 0.1) is 79.3 Å². The maximum atomic E-state index is 6.31. The van der Waals surface area contributed by atoms with Gasteiger partial charge in [-0.25, -0.2) is 0 Å². The van der Waals surface area contributed by atoms with Crippen molar-refractivity contribution in [2.45, 2.75) is 18.3 Å². The summed E-state index contributed by atoms with van der Waals surface area (Å²) in [5.74, 6) is 2.75. The molecule has 0 aliphatic heterocycles. The topological polar surface area (TPSA) is 111 Å². The Bertz CT molecular complexity index is 1690. The lowest BCUT2D eigenvalue weighted by Gasteiger charge is -2.33. The molecule has 0 saturated carbocycles. The van der Waals surface area contributed by atoms with Crippen LogP contribution in [-0.2, 0) is 56.2 Å². The summed E-state index contributed by atoms with van der Waals surface area (Å²) < 4.78 is 70.6. The molecule has 0 bridgehead atoms. The summed E-state index contributed by atoms with van der Waals surface area (Å²) in [6.07, 6.45) is 1.23. The van der Waals surface area contributed by atoms with Gasteiger partial charge >= 0.3 is 0 Å². The smallest absolute Gasteiger partial charge is 0.123 e. The van der Waals surface area contributed by atoms with Crippen molar-refractivity contribution >= 4 is 31.9 Å². The zero-order chi connectivity index (χ0) is 43.1. The Balaban J connectivity index is 1.54. The number of methoxy groups -OCH3 is 4. The van der Waals surface area contributed by atoms with E-state index in [1.165, 1.54) is 22.3 Å². The highest BCUT2D eigenvalue weighted by Crippen LogP contribution is 2.54. The fourth-order valence-corrected chi connectivity index (χ4v) is 7.95. The average Bonchev–Trinajstić information content (AvgIpc) is 3.49. The van der Waals surface area contributed by atoms with E-state index in [-0.39, 0.29) is 0 Å². The van der Waals surface area contributed by atoms with Crippen molar-refractivity contribution in [1.29, 1.82) is 0 Å². The molecule has 0 atom stereocenters. The summed E-state index contributed by atoms with van der Waals surface area (Å²) in [4.78, 5) is 0. The molecule has 0 fully saturated rings. The number of ether oxygens (including phenoxy) is 12. The SMILES string of the molecule is COCCOCCOc1cc(CC2(Cc3cc(OCCOCCOC)cc(OCCOCCOC)c3)c3cc(Br)ccc3-c3ccc(Br)cc32)cc(OCCOCCOC)c1. The fourth-order valence-electron chi connectivity index (χ4n) is 7.23. The Morgan fingerprint density at radius 3 is 0.951 bits per heavy atom. The van der Waals surface area contributed by atoms with Crippen LogP contribution in [0.4, 0.5) is 0 Å². The van der Waals surface area contributed by atoms with Gasteiger partial charge in [-0.15, -0.1) is 0 Å². The molecule has 0 spiro atoms. The van der Waals surface area contributed by atoms with Crippen LogP contribution in [0.1, 0.15) is 22.3 Å². The third-order valence-electron chi connectivity index (χ3n) is 9.89. The number of hydrogen-bond acceptors (Lipinski definition) is 12. The highest BCUT2D eigenvalue weighted by molar-refractivity contribution is 9.10. The molecule has 1 aliphatic rings. The van der Waals surface area contributed by atoms with Gasteiger partial charge in [0.15, 0.2) is 0 Å². The second-order valence-electron chi connectivity index (χ2n) is 14.3. The maximum absolute atomic E-state index is 6.31. The monoisotopic (exact) mass is 974 g/mol. The van der Waals surface area contributed by atoms with E-state index in [4.69, 9.17) is 56.8 Å². The van der Waals surface area contributed by atoms with Gasteiger partial charge in [-0.05, 0) is 94.8 Å². The summed E-state index contributed by atoms with van der Waals surface area (Å²) >= 11 is 7.66. The Morgan fingerprint density at radius 2 is 0.656 bits per heavy atom. The lowest BCUT2D eigenvalue weighted by atomic mass is 9.69. The summed E-state index contributed by atoms with van der Waals surface area (Å²) in [6, 6.07) is 25.4. The van der Waals surface area contributed by atoms with Gasteiger partial charge in [-0.1, -0.05) is 44.0 Å². The molecule has 14 heteroatoms. The van der Waals surface area contributed by atoms with E-state index in [0.29, 0.717) is 142 Å². The van der Waals surface area contributed by atoms with Crippen LogP contribution in [0.2, 0.25) is 0 Å². The molecule has 0 heterocycles. The van der Waals surface area contributed by atoms with Gasteiger partial charge in [0, 0.05) is 54.9 Å². The molecule has 0 saturated heterocycles. The fraction of sp³-hybridized carbons (Fsp3) is 0.489. The zero-order valence-electron chi connectivity index (χ0n) is 35.8. The van der Waals surface area contributed by atoms with E-state index in [2.05, 4.69) is 92.5 Å². The molecule has 12 nitrogen and oxygen atoms in total. The average molecular weight is 977 g/mol. The van der Waals surface area contributed by atoms with Crippen LogP contribution in [0.5, 0.6) is 23.0 Å². The quantitative estimate of drug-likeness (QED) is 0.0441. The molecule has 0 unspecified atom stereocenters. The normalized spacial score (nSPS) is 12.6. The van der Waals surface area contributed by atoms with E-state index in [1.54, 1.807) is 28.4 Å². The molecular formula is C47H60Br2O12. The molecular weight excluding hydrogens is 916 g/mol. The predicted molar refractivity (Wildman–Crippen MR) is 241 cm³/mol. The largest absolute Gasteiger partial charge is 0.491 e. The molecule has 4 aromatic rings. The molecule has 61 heavy (non-hydrogen) atoms. The van der Waals surface area contributed by atoms with Crippen LogP contribution in [0.15, 0.2) is 81.7 Å². The van der Waals surface area contributed by atoms with Crippen molar-refractivity contribution in [3.8, 4) is 34.1 Å². The number of fused-ring (bicyclic) bond motifs is 3. The summed E-state index contributed by atoms with van der Waals surface area (Å²) in [5.41, 5.74) is 6.29. The zero-order valence-corrected chi connectivity index (χ0v) is 39.0. The number of hydrogen-bond donors (Lipinski definition) is 0. The summed E-state index contributed by atoms with van der Waals surface area (Å²) in [7, 11) is 6.62. The van der Waals surface area contributed by atoms with Gasteiger partial charge in [-0.2, -0.15) is 0 Å². The van der Waals surface area contributed by atoms with Crippen LogP contribution in [0.3, 0.4) is 0 Å². The summed E-state index contributed by atoms with van der Waals surface area (Å²) in [6.45, 7) is 7.22. The molecule has 334 valence electrons.